The van der Waals surface area contributed by atoms with Gasteiger partial charge in [0, 0.05) is 15.8 Å². The molecule has 4 heteroatoms. The first-order valence-corrected chi connectivity index (χ1v) is 5.55. The maximum Gasteiger partial charge on any atom is 0.414 e. The molecular weight excluding hydrogens is 293 g/mol. The van der Waals surface area contributed by atoms with Gasteiger partial charge in [0.2, 0.25) is 0 Å². The Morgan fingerprint density at radius 3 is 3.00 bits per heavy atom. The number of hydrogen-bond acceptors (Lipinski definition) is 2. The molecule has 0 bridgehead atoms. The van der Waals surface area contributed by atoms with Gasteiger partial charge in [0.15, 0.2) is 0 Å². The van der Waals surface area contributed by atoms with Crippen LogP contribution in [0.3, 0.4) is 0 Å². The molecule has 0 radical (unpaired) electrons. The summed E-state index contributed by atoms with van der Waals surface area (Å²) >= 11 is 2.23. The number of benzene rings is 1. The van der Waals surface area contributed by atoms with E-state index >= 15 is 0 Å². The molecule has 1 aromatic carbocycles. The predicted molar refractivity (Wildman–Crippen MR) is 62.5 cm³/mol. The van der Waals surface area contributed by atoms with E-state index in [0.717, 1.165) is 22.2 Å². The minimum Gasteiger partial charge on any atom is -0.449 e. The first kappa shape index (κ1) is 9.76. The second-order valence-corrected chi connectivity index (χ2v) is 4.35. The van der Waals surface area contributed by atoms with Crippen molar-refractivity contribution in [1.82, 2.24) is 0 Å². The highest BCUT2D eigenvalue weighted by Gasteiger charge is 2.20. The second kappa shape index (κ2) is 4.16. The molecule has 1 aromatic rings. The van der Waals surface area contributed by atoms with Crippen LogP contribution >= 0.6 is 22.6 Å². The Balaban J connectivity index is 2.24. The van der Waals surface area contributed by atoms with Gasteiger partial charge in [0.05, 0.1) is 6.61 Å². The van der Waals surface area contributed by atoms with Crippen LogP contribution in [0.15, 0.2) is 24.3 Å². The van der Waals surface area contributed by atoms with E-state index in [1.54, 1.807) is 4.90 Å². The highest BCUT2D eigenvalue weighted by atomic mass is 127. The highest BCUT2D eigenvalue weighted by Crippen LogP contribution is 2.20. The molecule has 0 aliphatic carbocycles. The van der Waals surface area contributed by atoms with E-state index in [4.69, 9.17) is 4.74 Å². The molecule has 1 aliphatic heterocycles. The zero-order valence-corrected chi connectivity index (χ0v) is 9.73. The lowest BCUT2D eigenvalue weighted by Gasteiger charge is -2.26. The number of nitrogens with zero attached hydrogens (tertiary/aromatic N) is 1. The maximum atomic E-state index is 11.4. The smallest absolute Gasteiger partial charge is 0.414 e. The van der Waals surface area contributed by atoms with Crippen LogP contribution in [0.5, 0.6) is 0 Å². The lowest BCUT2D eigenvalue weighted by molar-refractivity contribution is 0.140. The van der Waals surface area contributed by atoms with E-state index in [2.05, 4.69) is 22.6 Å². The number of carbonyl (C=O) groups is 1. The normalized spacial score (nSPS) is 16.6. The van der Waals surface area contributed by atoms with Crippen molar-refractivity contribution in [1.29, 1.82) is 0 Å². The molecule has 1 aliphatic rings. The Bertz CT molecular complexity index is 354. The SMILES string of the molecule is O=C1OCCCN1c1cccc(I)c1. The summed E-state index contributed by atoms with van der Waals surface area (Å²) in [5.74, 6) is 0. The van der Waals surface area contributed by atoms with Crippen LogP contribution < -0.4 is 4.90 Å². The summed E-state index contributed by atoms with van der Waals surface area (Å²) in [5, 5.41) is 0. The van der Waals surface area contributed by atoms with Gasteiger partial charge in [-0.1, -0.05) is 6.07 Å². The van der Waals surface area contributed by atoms with E-state index < -0.39 is 0 Å². The van der Waals surface area contributed by atoms with Crippen molar-refractivity contribution in [2.75, 3.05) is 18.1 Å². The summed E-state index contributed by atoms with van der Waals surface area (Å²) in [5.41, 5.74) is 0.918. The molecule has 3 nitrogen and oxygen atoms in total. The van der Waals surface area contributed by atoms with Crippen molar-refractivity contribution in [3.05, 3.63) is 27.8 Å². The average Bonchev–Trinajstić information content (AvgIpc) is 2.18. The molecule has 1 fully saturated rings. The number of rotatable bonds is 1. The number of anilines is 1. The van der Waals surface area contributed by atoms with Gasteiger partial charge in [0.25, 0.3) is 0 Å². The molecule has 2 rings (SSSR count). The molecule has 1 saturated heterocycles. The van der Waals surface area contributed by atoms with E-state index in [-0.39, 0.29) is 6.09 Å². The Hall–Kier alpha value is -0.780. The lowest BCUT2D eigenvalue weighted by Crippen LogP contribution is -2.37. The molecule has 0 spiro atoms. The third-order valence-electron chi connectivity index (χ3n) is 2.09. The number of halogens is 1. The topological polar surface area (TPSA) is 29.5 Å². The van der Waals surface area contributed by atoms with Crippen LogP contribution in [0, 0.1) is 3.57 Å². The van der Waals surface area contributed by atoms with Crippen molar-refractivity contribution in [3.63, 3.8) is 0 Å². The van der Waals surface area contributed by atoms with Gasteiger partial charge in [-0.3, -0.25) is 4.90 Å². The van der Waals surface area contributed by atoms with E-state index in [9.17, 15) is 4.79 Å². The quantitative estimate of drug-likeness (QED) is 0.747. The fourth-order valence-electron chi connectivity index (χ4n) is 1.43. The minimum absolute atomic E-state index is 0.238. The Labute approximate surface area is 96.2 Å². The van der Waals surface area contributed by atoms with Crippen LogP contribution in [-0.4, -0.2) is 19.2 Å². The fraction of sp³-hybridized carbons (Fsp3) is 0.300. The second-order valence-electron chi connectivity index (χ2n) is 3.10. The summed E-state index contributed by atoms with van der Waals surface area (Å²) in [7, 11) is 0. The summed E-state index contributed by atoms with van der Waals surface area (Å²) in [6, 6.07) is 7.85. The Morgan fingerprint density at radius 1 is 1.43 bits per heavy atom. The van der Waals surface area contributed by atoms with Crippen molar-refractivity contribution >= 4 is 34.4 Å². The average molecular weight is 303 g/mol. The van der Waals surface area contributed by atoms with Crippen LogP contribution in [0.2, 0.25) is 0 Å². The van der Waals surface area contributed by atoms with E-state index in [0.29, 0.717) is 6.61 Å². The minimum atomic E-state index is -0.238. The summed E-state index contributed by atoms with van der Waals surface area (Å²) < 4.78 is 6.09. The largest absolute Gasteiger partial charge is 0.449 e. The van der Waals surface area contributed by atoms with Crippen LogP contribution in [0.1, 0.15) is 6.42 Å². The summed E-state index contributed by atoms with van der Waals surface area (Å²) in [6.45, 7) is 1.29. The van der Waals surface area contributed by atoms with Gasteiger partial charge < -0.3 is 4.74 Å². The van der Waals surface area contributed by atoms with Crippen LogP contribution in [-0.2, 0) is 4.74 Å². The molecule has 74 valence electrons. The fourth-order valence-corrected chi connectivity index (χ4v) is 1.96. The molecule has 0 unspecified atom stereocenters. The Kier molecular flexibility index (Phi) is 2.90. The van der Waals surface area contributed by atoms with E-state index in [1.807, 2.05) is 24.3 Å². The molecule has 0 saturated carbocycles. The van der Waals surface area contributed by atoms with Crippen LogP contribution in [0.4, 0.5) is 10.5 Å². The zero-order chi connectivity index (χ0) is 9.97. The Morgan fingerprint density at radius 2 is 2.29 bits per heavy atom. The molecule has 14 heavy (non-hydrogen) atoms. The van der Waals surface area contributed by atoms with Gasteiger partial charge in [-0.05, 0) is 47.2 Å². The molecule has 1 amide bonds. The molecule has 0 aromatic heterocycles. The molecular formula is C10H10INO2. The maximum absolute atomic E-state index is 11.4. The summed E-state index contributed by atoms with van der Waals surface area (Å²) in [6.07, 6.45) is 0.662. The van der Waals surface area contributed by atoms with E-state index in [1.165, 1.54) is 0 Å². The lowest BCUT2D eigenvalue weighted by atomic mass is 10.2. The third-order valence-corrected chi connectivity index (χ3v) is 2.76. The van der Waals surface area contributed by atoms with Crippen LogP contribution in [0.25, 0.3) is 0 Å². The summed E-state index contributed by atoms with van der Waals surface area (Å²) in [4.78, 5) is 13.1. The molecule has 1 heterocycles. The zero-order valence-electron chi connectivity index (χ0n) is 7.57. The first-order valence-electron chi connectivity index (χ1n) is 4.47. The van der Waals surface area contributed by atoms with Gasteiger partial charge in [-0.15, -0.1) is 0 Å². The van der Waals surface area contributed by atoms with Crippen molar-refractivity contribution in [2.45, 2.75) is 6.42 Å². The van der Waals surface area contributed by atoms with Gasteiger partial charge in [0.1, 0.15) is 0 Å². The predicted octanol–water partition coefficient (Wildman–Crippen LogP) is 2.64. The molecule has 0 N–H and O–H groups in total. The monoisotopic (exact) mass is 303 g/mol. The van der Waals surface area contributed by atoms with Gasteiger partial charge in [-0.2, -0.15) is 0 Å². The van der Waals surface area contributed by atoms with Gasteiger partial charge in [-0.25, -0.2) is 4.79 Å². The number of amides is 1. The first-order chi connectivity index (χ1) is 6.77. The number of carbonyl (C=O) groups excluding carboxylic acids is 1. The number of ether oxygens (including phenoxy) is 1. The van der Waals surface area contributed by atoms with Gasteiger partial charge >= 0.3 is 6.09 Å². The van der Waals surface area contributed by atoms with Crippen molar-refractivity contribution in [2.24, 2.45) is 0 Å². The van der Waals surface area contributed by atoms with Crippen molar-refractivity contribution in [3.8, 4) is 0 Å². The number of cyclic esters (lactones) is 1. The highest BCUT2D eigenvalue weighted by molar-refractivity contribution is 14.1. The molecule has 0 atom stereocenters. The van der Waals surface area contributed by atoms with Crippen molar-refractivity contribution < 1.29 is 9.53 Å². The third kappa shape index (κ3) is 2.00. The standard InChI is InChI=1S/C10H10INO2/c11-8-3-1-4-9(7-8)12-5-2-6-14-10(12)13/h1,3-4,7H,2,5-6H2. The number of hydrogen-bond donors (Lipinski definition) is 0.